The molecule has 0 heterocycles. The molecule has 1 aliphatic rings. The Morgan fingerprint density at radius 2 is 2.00 bits per heavy atom. The maximum Gasteiger partial charge on any atom is 0.227 e. The van der Waals surface area contributed by atoms with E-state index in [1.807, 2.05) is 0 Å². The van der Waals surface area contributed by atoms with E-state index in [2.05, 4.69) is 26.1 Å². The van der Waals surface area contributed by atoms with E-state index in [1.54, 1.807) is 0 Å². The van der Waals surface area contributed by atoms with E-state index in [-0.39, 0.29) is 11.3 Å². The summed E-state index contributed by atoms with van der Waals surface area (Å²) in [7, 11) is 0. The van der Waals surface area contributed by atoms with Gasteiger partial charge in [-0.1, -0.05) is 40.0 Å². The number of carbonyl (C=O) groups excluding carboxylic acids is 1. The minimum absolute atomic E-state index is 0.210. The highest BCUT2D eigenvalue weighted by Crippen LogP contribution is 2.38. The van der Waals surface area contributed by atoms with Gasteiger partial charge in [-0.05, 0) is 43.9 Å². The van der Waals surface area contributed by atoms with Crippen molar-refractivity contribution >= 4 is 5.91 Å². The third-order valence-corrected chi connectivity index (χ3v) is 5.20. The molecule has 1 fully saturated rings. The number of hydrogen-bond acceptors (Lipinski definition) is 2. The van der Waals surface area contributed by atoms with Crippen LogP contribution in [0.5, 0.6) is 0 Å². The lowest BCUT2D eigenvalue weighted by atomic mass is 9.70. The highest BCUT2D eigenvalue weighted by atomic mass is 16.2. The standard InChI is InChI=1S/C17H34N2O/c1-4-6-7-15(5-2)12-19-16(20)17(13-18)10-8-14(3)9-11-17/h14-15H,4-13,18H2,1-3H3,(H,19,20). The van der Waals surface area contributed by atoms with Crippen molar-refractivity contribution in [1.29, 1.82) is 0 Å². The van der Waals surface area contributed by atoms with Gasteiger partial charge in [0.25, 0.3) is 0 Å². The van der Waals surface area contributed by atoms with Crippen LogP contribution in [0.3, 0.4) is 0 Å². The highest BCUT2D eigenvalue weighted by Gasteiger charge is 2.39. The third-order valence-electron chi connectivity index (χ3n) is 5.20. The van der Waals surface area contributed by atoms with Crippen molar-refractivity contribution in [3.05, 3.63) is 0 Å². The zero-order chi connectivity index (χ0) is 15.0. The van der Waals surface area contributed by atoms with Crippen molar-refractivity contribution in [2.45, 2.75) is 72.1 Å². The van der Waals surface area contributed by atoms with Crippen molar-refractivity contribution in [2.24, 2.45) is 23.0 Å². The number of nitrogens with two attached hydrogens (primary N) is 1. The lowest BCUT2D eigenvalue weighted by Gasteiger charge is -2.37. The van der Waals surface area contributed by atoms with E-state index in [9.17, 15) is 4.79 Å². The van der Waals surface area contributed by atoms with E-state index in [0.29, 0.717) is 12.5 Å². The van der Waals surface area contributed by atoms with Crippen molar-refractivity contribution in [3.63, 3.8) is 0 Å². The van der Waals surface area contributed by atoms with Crippen LogP contribution in [0.25, 0.3) is 0 Å². The molecule has 1 aliphatic carbocycles. The smallest absolute Gasteiger partial charge is 0.227 e. The maximum atomic E-state index is 12.6. The number of carbonyl (C=O) groups is 1. The second-order valence-corrected chi connectivity index (χ2v) is 6.79. The minimum Gasteiger partial charge on any atom is -0.355 e. The van der Waals surface area contributed by atoms with Crippen LogP contribution in [0.15, 0.2) is 0 Å². The monoisotopic (exact) mass is 282 g/mol. The van der Waals surface area contributed by atoms with Crippen LogP contribution >= 0.6 is 0 Å². The Hall–Kier alpha value is -0.570. The van der Waals surface area contributed by atoms with E-state index in [4.69, 9.17) is 5.73 Å². The first-order valence-electron chi connectivity index (χ1n) is 8.56. The highest BCUT2D eigenvalue weighted by molar-refractivity contribution is 5.83. The number of unbranched alkanes of at least 4 members (excludes halogenated alkanes) is 1. The Morgan fingerprint density at radius 3 is 2.50 bits per heavy atom. The van der Waals surface area contributed by atoms with Gasteiger partial charge in [0.05, 0.1) is 5.41 Å². The summed E-state index contributed by atoms with van der Waals surface area (Å²) >= 11 is 0. The predicted octanol–water partition coefficient (Wildman–Crippen LogP) is 3.47. The van der Waals surface area contributed by atoms with E-state index in [1.165, 1.54) is 19.3 Å². The van der Waals surface area contributed by atoms with Crippen molar-refractivity contribution in [2.75, 3.05) is 13.1 Å². The van der Waals surface area contributed by atoms with E-state index >= 15 is 0 Å². The van der Waals surface area contributed by atoms with Crippen LogP contribution < -0.4 is 11.1 Å². The Balaban J connectivity index is 2.46. The molecule has 0 saturated heterocycles. The molecule has 0 spiro atoms. The molecule has 0 aromatic rings. The molecule has 3 nitrogen and oxygen atoms in total. The van der Waals surface area contributed by atoms with Crippen LogP contribution in [-0.4, -0.2) is 19.0 Å². The topological polar surface area (TPSA) is 55.1 Å². The molecule has 1 rings (SSSR count). The molecule has 0 bridgehead atoms. The van der Waals surface area contributed by atoms with Gasteiger partial charge < -0.3 is 11.1 Å². The first kappa shape index (κ1) is 17.5. The molecule has 1 atom stereocenters. The van der Waals surface area contributed by atoms with Gasteiger partial charge in [0.1, 0.15) is 0 Å². The molecule has 0 radical (unpaired) electrons. The zero-order valence-corrected chi connectivity index (χ0v) is 13.7. The average molecular weight is 282 g/mol. The second-order valence-electron chi connectivity index (χ2n) is 6.79. The summed E-state index contributed by atoms with van der Waals surface area (Å²) in [5.74, 6) is 1.58. The van der Waals surface area contributed by atoms with Gasteiger partial charge in [0.2, 0.25) is 5.91 Å². The SMILES string of the molecule is CCCCC(CC)CNC(=O)C1(CN)CCC(C)CC1. The summed E-state index contributed by atoms with van der Waals surface area (Å²) in [5, 5.41) is 3.20. The second kappa shape index (κ2) is 8.66. The molecule has 0 aromatic carbocycles. The van der Waals surface area contributed by atoms with Crippen LogP contribution in [0, 0.1) is 17.3 Å². The van der Waals surface area contributed by atoms with Gasteiger partial charge in [0, 0.05) is 13.1 Å². The fourth-order valence-electron chi connectivity index (χ4n) is 3.21. The van der Waals surface area contributed by atoms with Crippen LogP contribution in [0.2, 0.25) is 0 Å². The molecule has 20 heavy (non-hydrogen) atoms. The molecule has 3 N–H and O–H groups in total. The molecule has 1 unspecified atom stereocenters. The van der Waals surface area contributed by atoms with Crippen LogP contribution in [0.1, 0.15) is 72.1 Å². The number of nitrogens with one attached hydrogen (secondary N) is 1. The molecule has 3 heteroatoms. The van der Waals surface area contributed by atoms with Crippen molar-refractivity contribution in [3.8, 4) is 0 Å². The Bertz CT molecular complexity index is 283. The van der Waals surface area contributed by atoms with Gasteiger partial charge >= 0.3 is 0 Å². The van der Waals surface area contributed by atoms with Gasteiger partial charge in [-0.2, -0.15) is 0 Å². The number of amides is 1. The fourth-order valence-corrected chi connectivity index (χ4v) is 3.21. The first-order chi connectivity index (χ1) is 9.57. The molecule has 0 aliphatic heterocycles. The lowest BCUT2D eigenvalue weighted by molar-refractivity contribution is -0.133. The van der Waals surface area contributed by atoms with Crippen molar-refractivity contribution in [1.82, 2.24) is 5.32 Å². The maximum absolute atomic E-state index is 12.6. The van der Waals surface area contributed by atoms with Crippen LogP contribution in [-0.2, 0) is 4.79 Å². The Kier molecular flexibility index (Phi) is 7.57. The summed E-state index contributed by atoms with van der Waals surface area (Å²) < 4.78 is 0. The molecular weight excluding hydrogens is 248 g/mol. The van der Waals surface area contributed by atoms with Gasteiger partial charge in [-0.3, -0.25) is 4.79 Å². The quantitative estimate of drug-likeness (QED) is 0.716. The summed E-state index contributed by atoms with van der Waals surface area (Å²) in [6, 6.07) is 0. The largest absolute Gasteiger partial charge is 0.355 e. The molecule has 1 amide bonds. The van der Waals surface area contributed by atoms with Crippen molar-refractivity contribution < 1.29 is 4.79 Å². The summed E-state index contributed by atoms with van der Waals surface area (Å²) in [6.07, 6.45) is 9.05. The van der Waals surface area contributed by atoms with Gasteiger partial charge in [-0.25, -0.2) is 0 Å². The lowest BCUT2D eigenvalue weighted by Crippen LogP contribution is -2.48. The first-order valence-corrected chi connectivity index (χ1v) is 8.56. The zero-order valence-electron chi connectivity index (χ0n) is 13.7. The number of rotatable bonds is 8. The van der Waals surface area contributed by atoms with E-state index < -0.39 is 0 Å². The van der Waals surface area contributed by atoms with E-state index in [0.717, 1.165) is 44.6 Å². The summed E-state index contributed by atoms with van der Waals surface area (Å²) in [4.78, 5) is 12.6. The summed E-state index contributed by atoms with van der Waals surface area (Å²) in [6.45, 7) is 8.03. The molecular formula is C17H34N2O. The minimum atomic E-state index is -0.282. The predicted molar refractivity (Wildman–Crippen MR) is 85.4 cm³/mol. The average Bonchev–Trinajstić information content (AvgIpc) is 2.48. The number of hydrogen-bond donors (Lipinski definition) is 2. The fraction of sp³-hybridized carbons (Fsp3) is 0.941. The Morgan fingerprint density at radius 1 is 1.35 bits per heavy atom. The molecule has 118 valence electrons. The van der Waals surface area contributed by atoms with Gasteiger partial charge in [0.15, 0.2) is 0 Å². The third kappa shape index (κ3) is 4.76. The van der Waals surface area contributed by atoms with Crippen LogP contribution in [0.4, 0.5) is 0 Å². The summed E-state index contributed by atoms with van der Waals surface area (Å²) in [5.41, 5.74) is 5.66. The normalized spacial score (nSPS) is 28.1. The van der Waals surface area contributed by atoms with Gasteiger partial charge in [-0.15, -0.1) is 0 Å². The Labute approximate surface area is 125 Å². The molecule has 1 saturated carbocycles. The molecule has 0 aromatic heterocycles.